The maximum atomic E-state index is 9.84. The molecule has 2 heteroatoms. The minimum Gasteiger partial charge on any atom is -0.478 e. The van der Waals surface area contributed by atoms with Gasteiger partial charge in [-0.15, -0.1) is 0 Å². The number of rotatable bonds is 2. The van der Waals surface area contributed by atoms with E-state index in [0.717, 1.165) is 6.08 Å². The quantitative estimate of drug-likeness (QED) is 0.355. The van der Waals surface area contributed by atoms with Crippen LogP contribution in [0, 0.1) is 0 Å². The third-order valence-corrected chi connectivity index (χ3v) is 0.651. The summed E-state index contributed by atoms with van der Waals surface area (Å²) in [5.74, 6) is -1.01. The number of aliphatic carboxylic acids is 1. The minimum atomic E-state index is -1.01. The number of carbonyl (C=O) groups is 1. The molecule has 0 aromatic rings. The fourth-order valence-corrected chi connectivity index (χ4v) is 0.296. The number of hydrogen-bond donors (Lipinski definition) is 1. The lowest BCUT2D eigenvalue weighted by Crippen LogP contribution is -1.82. The molecule has 1 N–H and O–H groups in total. The highest BCUT2D eigenvalue weighted by Gasteiger charge is 1.77. The molecule has 0 rings (SSSR count). The van der Waals surface area contributed by atoms with E-state index in [1.165, 1.54) is 0 Å². The summed E-state index contributed by atoms with van der Waals surface area (Å²) < 4.78 is 0. The zero-order chi connectivity index (χ0) is 7.82. The SMILES string of the molecule is C/C=C/C=C=C=CC(=O)O. The van der Waals surface area contributed by atoms with E-state index in [4.69, 9.17) is 5.11 Å². The Bertz CT molecular complexity index is 224. The molecule has 0 saturated carbocycles. The van der Waals surface area contributed by atoms with Crippen LogP contribution in [0.4, 0.5) is 0 Å². The lowest BCUT2D eigenvalue weighted by molar-refractivity contribution is -0.131. The predicted molar refractivity (Wildman–Crippen MR) is 38.6 cm³/mol. The van der Waals surface area contributed by atoms with Gasteiger partial charge in [-0.05, 0) is 13.0 Å². The van der Waals surface area contributed by atoms with Crippen molar-refractivity contribution in [2.24, 2.45) is 0 Å². The van der Waals surface area contributed by atoms with Crippen LogP contribution in [0.2, 0.25) is 0 Å². The normalized spacial score (nSPS) is 8.10. The van der Waals surface area contributed by atoms with Crippen LogP contribution in [-0.4, -0.2) is 11.1 Å². The fraction of sp³-hybridized carbons (Fsp3) is 0.125. The molecule has 52 valence electrons. The van der Waals surface area contributed by atoms with E-state index < -0.39 is 5.97 Å². The molecule has 0 aromatic heterocycles. The largest absolute Gasteiger partial charge is 0.478 e. The highest BCUT2D eigenvalue weighted by atomic mass is 16.4. The van der Waals surface area contributed by atoms with Crippen LogP contribution in [0.3, 0.4) is 0 Å². The van der Waals surface area contributed by atoms with Crippen LogP contribution in [0.1, 0.15) is 6.92 Å². The number of hydrogen-bond acceptors (Lipinski definition) is 1. The van der Waals surface area contributed by atoms with Crippen LogP contribution >= 0.6 is 0 Å². The average Bonchev–Trinajstić information content (AvgIpc) is 1.87. The standard InChI is InChI=1S/C8H8O2/c1-2-3-4-5-6-7-8(9)10/h2-4,7H,1H3,(H,9,10)/b3-2+,7-4?. The van der Waals surface area contributed by atoms with Crippen molar-refractivity contribution in [3.05, 3.63) is 35.8 Å². The fourth-order valence-electron chi connectivity index (χ4n) is 0.296. The number of allylic oxidation sites excluding steroid dienone is 3. The molecule has 0 saturated heterocycles. The van der Waals surface area contributed by atoms with Gasteiger partial charge >= 0.3 is 5.97 Å². The second-order valence-corrected chi connectivity index (χ2v) is 1.46. The molecule has 0 atom stereocenters. The van der Waals surface area contributed by atoms with Crippen molar-refractivity contribution < 1.29 is 9.90 Å². The Morgan fingerprint density at radius 1 is 1.50 bits per heavy atom. The molecule has 0 aliphatic carbocycles. The van der Waals surface area contributed by atoms with Crippen LogP contribution in [0.5, 0.6) is 0 Å². The molecule has 0 spiro atoms. The number of carboxylic acids is 1. The smallest absolute Gasteiger partial charge is 0.336 e. The van der Waals surface area contributed by atoms with Gasteiger partial charge in [0.25, 0.3) is 0 Å². The van der Waals surface area contributed by atoms with Gasteiger partial charge in [-0.2, -0.15) is 0 Å². The van der Waals surface area contributed by atoms with E-state index in [1.807, 2.05) is 13.0 Å². The lowest BCUT2D eigenvalue weighted by atomic mass is 10.5. The molecule has 0 unspecified atom stereocenters. The molecular formula is C8H8O2. The first-order valence-corrected chi connectivity index (χ1v) is 2.79. The van der Waals surface area contributed by atoms with Crippen LogP contribution in [-0.2, 0) is 4.79 Å². The lowest BCUT2D eigenvalue weighted by Gasteiger charge is -1.66. The van der Waals surface area contributed by atoms with Crippen LogP contribution in [0.15, 0.2) is 35.8 Å². The first-order chi connectivity index (χ1) is 4.77. The Labute approximate surface area is 59.5 Å². The van der Waals surface area contributed by atoms with Crippen molar-refractivity contribution in [3.8, 4) is 0 Å². The van der Waals surface area contributed by atoms with E-state index in [0.29, 0.717) is 0 Å². The van der Waals surface area contributed by atoms with Crippen molar-refractivity contribution in [2.45, 2.75) is 6.92 Å². The maximum absolute atomic E-state index is 9.84. The summed E-state index contributed by atoms with van der Waals surface area (Å²) >= 11 is 0. The topological polar surface area (TPSA) is 37.3 Å². The summed E-state index contributed by atoms with van der Waals surface area (Å²) in [6, 6.07) is 0. The molecule has 0 aliphatic rings. The summed E-state index contributed by atoms with van der Waals surface area (Å²) in [5, 5.41) is 8.08. The van der Waals surface area contributed by atoms with Gasteiger partial charge in [0.05, 0.1) is 6.08 Å². The van der Waals surface area contributed by atoms with Crippen molar-refractivity contribution >= 4 is 5.97 Å². The van der Waals surface area contributed by atoms with E-state index in [-0.39, 0.29) is 0 Å². The Hall–Kier alpha value is -1.49. The van der Waals surface area contributed by atoms with Gasteiger partial charge in [-0.3, -0.25) is 0 Å². The summed E-state index contributed by atoms with van der Waals surface area (Å²) in [6.07, 6.45) is 6.04. The van der Waals surface area contributed by atoms with Gasteiger partial charge in [0.1, 0.15) is 0 Å². The van der Waals surface area contributed by atoms with Gasteiger partial charge in [0.15, 0.2) is 0 Å². The van der Waals surface area contributed by atoms with E-state index in [9.17, 15) is 4.79 Å². The summed E-state index contributed by atoms with van der Waals surface area (Å²) in [4.78, 5) is 9.84. The third kappa shape index (κ3) is 6.51. The molecule has 0 aromatic carbocycles. The van der Waals surface area contributed by atoms with E-state index >= 15 is 0 Å². The molecule has 0 aliphatic heterocycles. The van der Waals surface area contributed by atoms with Crippen LogP contribution in [0.25, 0.3) is 0 Å². The van der Waals surface area contributed by atoms with Crippen molar-refractivity contribution in [3.63, 3.8) is 0 Å². The molecule has 0 radical (unpaired) electrons. The molecule has 0 amide bonds. The Morgan fingerprint density at radius 2 is 2.20 bits per heavy atom. The average molecular weight is 136 g/mol. The maximum Gasteiger partial charge on any atom is 0.336 e. The first-order valence-electron chi connectivity index (χ1n) is 2.79. The van der Waals surface area contributed by atoms with Gasteiger partial charge in [0.2, 0.25) is 0 Å². The van der Waals surface area contributed by atoms with E-state index in [2.05, 4.69) is 11.5 Å². The molecule has 0 bridgehead atoms. The van der Waals surface area contributed by atoms with E-state index in [1.54, 1.807) is 12.2 Å². The molecule has 2 nitrogen and oxygen atoms in total. The highest BCUT2D eigenvalue weighted by Crippen LogP contribution is 1.70. The number of carboxylic acid groups (broad SMARTS) is 1. The molecule has 0 heterocycles. The van der Waals surface area contributed by atoms with Gasteiger partial charge < -0.3 is 5.11 Å². The van der Waals surface area contributed by atoms with Gasteiger partial charge in [-0.1, -0.05) is 23.6 Å². The highest BCUT2D eigenvalue weighted by molar-refractivity contribution is 5.79. The van der Waals surface area contributed by atoms with Crippen molar-refractivity contribution in [1.29, 1.82) is 0 Å². The zero-order valence-corrected chi connectivity index (χ0v) is 5.66. The second kappa shape index (κ2) is 5.64. The Balaban J connectivity index is 4.09. The van der Waals surface area contributed by atoms with Crippen molar-refractivity contribution in [2.75, 3.05) is 0 Å². The second-order valence-electron chi connectivity index (χ2n) is 1.46. The zero-order valence-electron chi connectivity index (χ0n) is 5.66. The summed E-state index contributed by atoms with van der Waals surface area (Å²) in [7, 11) is 0. The summed E-state index contributed by atoms with van der Waals surface area (Å²) in [6.45, 7) is 1.86. The van der Waals surface area contributed by atoms with Crippen molar-refractivity contribution in [1.82, 2.24) is 0 Å². The molecular weight excluding hydrogens is 128 g/mol. The monoisotopic (exact) mass is 136 g/mol. The first kappa shape index (κ1) is 8.51. The Kier molecular flexibility index (Phi) is 4.80. The minimum absolute atomic E-state index is 0.903. The Morgan fingerprint density at radius 3 is 2.70 bits per heavy atom. The third-order valence-electron chi connectivity index (χ3n) is 0.651. The molecule has 10 heavy (non-hydrogen) atoms. The predicted octanol–water partition coefficient (Wildman–Crippen LogP) is 1.51. The van der Waals surface area contributed by atoms with Crippen LogP contribution < -0.4 is 0 Å². The van der Waals surface area contributed by atoms with Gasteiger partial charge in [-0.25, -0.2) is 4.79 Å². The molecule has 0 fully saturated rings. The van der Waals surface area contributed by atoms with Gasteiger partial charge in [0, 0.05) is 0 Å². The summed E-state index contributed by atoms with van der Waals surface area (Å²) in [5.41, 5.74) is 4.86.